The lowest BCUT2D eigenvalue weighted by molar-refractivity contribution is 1.07. The average Bonchev–Trinajstić information content (AvgIpc) is 2.03. The van der Waals surface area contributed by atoms with Gasteiger partial charge in [-0.15, -0.1) is 0 Å². The second kappa shape index (κ2) is 4.11. The first-order valence-electron chi connectivity index (χ1n) is 3.73. The summed E-state index contributed by atoms with van der Waals surface area (Å²) in [6.07, 6.45) is 0. The lowest BCUT2D eigenvalue weighted by Gasteiger charge is -2.06. The zero-order valence-electron chi connectivity index (χ0n) is 6.97. The van der Waals surface area contributed by atoms with E-state index in [1.54, 1.807) is 18.2 Å². The lowest BCUT2D eigenvalue weighted by Crippen LogP contribution is -2.20. The molecule has 0 unspecified atom stereocenters. The minimum Gasteiger partial charge on any atom is -0.370 e. The fourth-order valence-electron chi connectivity index (χ4n) is 0.946. The SMILES string of the molecule is N=C(N)Nc1ccc(CN)c(Cl)c1. The zero-order valence-corrected chi connectivity index (χ0v) is 7.73. The Morgan fingerprint density at radius 2 is 2.23 bits per heavy atom. The summed E-state index contributed by atoms with van der Waals surface area (Å²) in [4.78, 5) is 0. The Kier molecular flexibility index (Phi) is 3.11. The molecule has 0 saturated carbocycles. The lowest BCUT2D eigenvalue weighted by atomic mass is 10.2. The highest BCUT2D eigenvalue weighted by molar-refractivity contribution is 6.31. The zero-order chi connectivity index (χ0) is 9.84. The summed E-state index contributed by atoms with van der Waals surface area (Å²) in [6, 6.07) is 5.26. The maximum atomic E-state index is 7.00. The summed E-state index contributed by atoms with van der Waals surface area (Å²) in [5.41, 5.74) is 12.1. The van der Waals surface area contributed by atoms with Crippen molar-refractivity contribution in [3.05, 3.63) is 28.8 Å². The summed E-state index contributed by atoms with van der Waals surface area (Å²) >= 11 is 5.88. The Hall–Kier alpha value is -1.26. The Morgan fingerprint density at radius 1 is 1.54 bits per heavy atom. The third kappa shape index (κ3) is 2.61. The van der Waals surface area contributed by atoms with E-state index in [0.29, 0.717) is 17.3 Å². The van der Waals surface area contributed by atoms with Gasteiger partial charge < -0.3 is 16.8 Å². The van der Waals surface area contributed by atoms with Crippen molar-refractivity contribution in [1.82, 2.24) is 0 Å². The van der Waals surface area contributed by atoms with Gasteiger partial charge in [-0.1, -0.05) is 17.7 Å². The molecule has 4 nitrogen and oxygen atoms in total. The predicted octanol–water partition coefficient (Wildman–Crippen LogP) is 1.10. The molecule has 1 aromatic rings. The molecule has 1 rings (SSSR count). The standard InChI is InChI=1S/C8H11ClN4/c9-7-3-6(13-8(11)12)2-1-5(7)4-10/h1-3H,4,10H2,(H4,11,12,13). The molecule has 0 radical (unpaired) electrons. The van der Waals surface area contributed by atoms with Crippen LogP contribution in [0.2, 0.25) is 5.02 Å². The van der Waals surface area contributed by atoms with Crippen LogP contribution in [0.25, 0.3) is 0 Å². The van der Waals surface area contributed by atoms with Crippen molar-refractivity contribution in [3.8, 4) is 0 Å². The quantitative estimate of drug-likeness (QED) is 0.424. The molecule has 0 aromatic heterocycles. The smallest absolute Gasteiger partial charge is 0.190 e. The maximum absolute atomic E-state index is 7.00. The topological polar surface area (TPSA) is 87.9 Å². The van der Waals surface area contributed by atoms with Crippen molar-refractivity contribution in [2.24, 2.45) is 11.5 Å². The van der Waals surface area contributed by atoms with Gasteiger partial charge in [0.25, 0.3) is 0 Å². The first-order chi connectivity index (χ1) is 6.13. The van der Waals surface area contributed by atoms with Crippen LogP contribution in [0, 0.1) is 5.41 Å². The van der Waals surface area contributed by atoms with E-state index in [2.05, 4.69) is 5.32 Å². The van der Waals surface area contributed by atoms with Gasteiger partial charge in [-0.25, -0.2) is 0 Å². The molecule has 0 heterocycles. The molecule has 6 N–H and O–H groups in total. The van der Waals surface area contributed by atoms with E-state index in [1.165, 1.54) is 0 Å². The van der Waals surface area contributed by atoms with Crippen LogP contribution in [-0.2, 0) is 6.54 Å². The Bertz CT molecular complexity index is 324. The minimum absolute atomic E-state index is 0.114. The van der Waals surface area contributed by atoms with E-state index in [-0.39, 0.29) is 5.96 Å². The van der Waals surface area contributed by atoms with Crippen LogP contribution in [0.5, 0.6) is 0 Å². The third-order valence-corrected chi connectivity index (χ3v) is 1.90. The van der Waals surface area contributed by atoms with Crippen LogP contribution in [0.1, 0.15) is 5.56 Å². The molecule has 0 aliphatic carbocycles. The molecule has 0 aliphatic heterocycles. The molecule has 13 heavy (non-hydrogen) atoms. The summed E-state index contributed by atoms with van der Waals surface area (Å²) in [5, 5.41) is 10.2. The fraction of sp³-hybridized carbons (Fsp3) is 0.125. The molecule has 0 bridgehead atoms. The van der Waals surface area contributed by atoms with Gasteiger partial charge in [0.15, 0.2) is 5.96 Å². The van der Waals surface area contributed by atoms with Gasteiger partial charge in [-0.3, -0.25) is 5.41 Å². The monoisotopic (exact) mass is 198 g/mol. The van der Waals surface area contributed by atoms with Crippen molar-refractivity contribution >= 4 is 23.2 Å². The number of anilines is 1. The number of hydrogen-bond donors (Lipinski definition) is 4. The molecule has 0 spiro atoms. The average molecular weight is 199 g/mol. The number of nitrogens with one attached hydrogen (secondary N) is 2. The molecule has 0 saturated heterocycles. The van der Waals surface area contributed by atoms with Gasteiger partial charge in [0.2, 0.25) is 0 Å². The van der Waals surface area contributed by atoms with Crippen molar-refractivity contribution < 1.29 is 0 Å². The van der Waals surface area contributed by atoms with Crippen molar-refractivity contribution in [1.29, 1.82) is 5.41 Å². The van der Waals surface area contributed by atoms with E-state index < -0.39 is 0 Å². The van der Waals surface area contributed by atoms with Crippen LogP contribution in [0.15, 0.2) is 18.2 Å². The second-order valence-electron chi connectivity index (χ2n) is 2.55. The number of guanidine groups is 1. The molecule has 1 aromatic carbocycles. The highest BCUT2D eigenvalue weighted by Gasteiger charge is 1.99. The molecular formula is C8H11ClN4. The van der Waals surface area contributed by atoms with Gasteiger partial charge >= 0.3 is 0 Å². The highest BCUT2D eigenvalue weighted by atomic mass is 35.5. The van der Waals surface area contributed by atoms with Crippen LogP contribution >= 0.6 is 11.6 Å². The summed E-state index contributed by atoms with van der Waals surface area (Å²) in [5.74, 6) is -0.114. The molecule has 70 valence electrons. The Balaban J connectivity index is 2.89. The molecule has 0 aliphatic rings. The second-order valence-corrected chi connectivity index (χ2v) is 2.96. The van der Waals surface area contributed by atoms with Gasteiger partial charge in [-0.2, -0.15) is 0 Å². The van der Waals surface area contributed by atoms with Crippen molar-refractivity contribution in [2.45, 2.75) is 6.54 Å². The summed E-state index contributed by atoms with van der Waals surface area (Å²) in [6.45, 7) is 0.402. The minimum atomic E-state index is -0.114. The van der Waals surface area contributed by atoms with Crippen LogP contribution < -0.4 is 16.8 Å². The number of halogens is 1. The number of nitrogens with two attached hydrogens (primary N) is 2. The largest absolute Gasteiger partial charge is 0.370 e. The maximum Gasteiger partial charge on any atom is 0.190 e. The van der Waals surface area contributed by atoms with Crippen LogP contribution in [-0.4, -0.2) is 5.96 Å². The van der Waals surface area contributed by atoms with Crippen molar-refractivity contribution in [2.75, 3.05) is 5.32 Å². The normalized spacial score (nSPS) is 9.69. The van der Waals surface area contributed by atoms with Crippen LogP contribution in [0.3, 0.4) is 0 Å². The fourth-order valence-corrected chi connectivity index (χ4v) is 1.20. The van der Waals surface area contributed by atoms with E-state index in [1.807, 2.05) is 0 Å². The summed E-state index contributed by atoms with van der Waals surface area (Å²) in [7, 11) is 0. The molecule has 0 atom stereocenters. The number of benzene rings is 1. The van der Waals surface area contributed by atoms with Crippen molar-refractivity contribution in [3.63, 3.8) is 0 Å². The first-order valence-corrected chi connectivity index (χ1v) is 4.11. The van der Waals surface area contributed by atoms with E-state index >= 15 is 0 Å². The van der Waals surface area contributed by atoms with Crippen LogP contribution in [0.4, 0.5) is 5.69 Å². The Labute approximate surface area is 81.4 Å². The van der Waals surface area contributed by atoms with Gasteiger partial charge in [0.1, 0.15) is 0 Å². The van der Waals surface area contributed by atoms with Gasteiger partial charge in [-0.05, 0) is 17.7 Å². The number of rotatable bonds is 2. The predicted molar refractivity (Wildman–Crippen MR) is 54.9 cm³/mol. The Morgan fingerprint density at radius 3 is 2.69 bits per heavy atom. The first kappa shape index (κ1) is 9.83. The van der Waals surface area contributed by atoms with E-state index in [9.17, 15) is 0 Å². The number of hydrogen-bond acceptors (Lipinski definition) is 2. The summed E-state index contributed by atoms with van der Waals surface area (Å²) < 4.78 is 0. The molecular weight excluding hydrogens is 188 g/mol. The molecule has 5 heteroatoms. The molecule has 0 fully saturated rings. The van der Waals surface area contributed by atoms with Gasteiger partial charge in [0.05, 0.1) is 0 Å². The van der Waals surface area contributed by atoms with E-state index in [4.69, 9.17) is 28.5 Å². The van der Waals surface area contributed by atoms with E-state index in [0.717, 1.165) is 5.56 Å². The molecule has 0 amide bonds. The third-order valence-electron chi connectivity index (χ3n) is 1.55. The highest BCUT2D eigenvalue weighted by Crippen LogP contribution is 2.20. The van der Waals surface area contributed by atoms with Gasteiger partial charge in [0, 0.05) is 17.3 Å².